The topological polar surface area (TPSA) is 91.7 Å². The van der Waals surface area contributed by atoms with Crippen molar-refractivity contribution in [3.8, 4) is 0 Å². The Bertz CT molecular complexity index is 610. The first-order valence-electron chi connectivity index (χ1n) is 7.45. The lowest BCUT2D eigenvalue weighted by molar-refractivity contribution is -0.862. The summed E-state index contributed by atoms with van der Waals surface area (Å²) in [6, 6.07) is 4.22. The van der Waals surface area contributed by atoms with Gasteiger partial charge in [-0.05, 0) is 24.6 Å². The van der Waals surface area contributed by atoms with Crippen LogP contribution in [0.15, 0.2) is 18.2 Å². The fourth-order valence-electron chi connectivity index (χ4n) is 1.84. The summed E-state index contributed by atoms with van der Waals surface area (Å²) in [6.45, 7) is 2.46. The average Bonchev–Trinajstić information content (AvgIpc) is 2.48. The quantitative estimate of drug-likeness (QED) is 0.564. The van der Waals surface area contributed by atoms with Gasteiger partial charge in [-0.2, -0.15) is 0 Å². The number of halogens is 2. The van der Waals surface area contributed by atoms with Crippen molar-refractivity contribution in [3.63, 3.8) is 0 Å². The zero-order chi connectivity index (χ0) is 18.1. The van der Waals surface area contributed by atoms with E-state index in [4.69, 9.17) is 23.2 Å². The van der Waals surface area contributed by atoms with E-state index >= 15 is 0 Å². The number of hydrogen-bond donors (Lipinski definition) is 4. The number of imide groups is 1. The van der Waals surface area contributed by atoms with Gasteiger partial charge in [-0.25, -0.2) is 4.79 Å². The van der Waals surface area contributed by atoms with Crippen LogP contribution in [0.3, 0.4) is 0 Å². The number of carbonyl (C=O) groups excluding carboxylic acids is 3. The molecule has 1 unspecified atom stereocenters. The first-order valence-corrected chi connectivity index (χ1v) is 8.21. The summed E-state index contributed by atoms with van der Waals surface area (Å²) in [6.07, 6.45) is 0.779. The van der Waals surface area contributed by atoms with Gasteiger partial charge in [0.1, 0.15) is 0 Å². The number of likely N-dealkylation sites (N-methyl/N-ethyl adjacent to an activating group) is 1. The number of benzene rings is 1. The lowest BCUT2D eigenvalue weighted by Gasteiger charge is -2.13. The number of urea groups is 1. The third-order valence-electron chi connectivity index (χ3n) is 2.92. The summed E-state index contributed by atoms with van der Waals surface area (Å²) in [7, 11) is 1.68. The molecule has 132 valence electrons. The molecule has 0 aromatic heterocycles. The molecule has 4 amide bonds. The van der Waals surface area contributed by atoms with E-state index in [1.165, 1.54) is 0 Å². The molecule has 0 radical (unpaired) electrons. The van der Waals surface area contributed by atoms with Crippen LogP contribution in [-0.4, -0.2) is 44.5 Å². The molecule has 0 spiro atoms. The third-order valence-corrected chi connectivity index (χ3v) is 3.66. The van der Waals surface area contributed by atoms with Gasteiger partial charge in [-0.1, -0.05) is 30.1 Å². The van der Waals surface area contributed by atoms with Crippen molar-refractivity contribution in [2.45, 2.75) is 13.3 Å². The summed E-state index contributed by atoms with van der Waals surface area (Å²) in [5.41, 5.74) is 0.519. The van der Waals surface area contributed by atoms with Crippen LogP contribution in [0.2, 0.25) is 10.0 Å². The summed E-state index contributed by atoms with van der Waals surface area (Å²) in [4.78, 5) is 35.6. The SMILES string of the molecule is CCCNC(=O)NC(=O)C[NH+](C)CC(=O)Nc1ccc(Cl)c(Cl)c1. The largest absolute Gasteiger partial charge is 0.338 e. The van der Waals surface area contributed by atoms with Gasteiger partial charge in [0.05, 0.1) is 17.1 Å². The number of hydrogen-bond acceptors (Lipinski definition) is 3. The van der Waals surface area contributed by atoms with Gasteiger partial charge in [-0.15, -0.1) is 0 Å². The Morgan fingerprint density at radius 1 is 1.08 bits per heavy atom. The fourth-order valence-corrected chi connectivity index (χ4v) is 2.14. The van der Waals surface area contributed by atoms with Crippen molar-refractivity contribution in [1.82, 2.24) is 10.6 Å². The molecule has 1 rings (SSSR count). The second kappa shape index (κ2) is 10.1. The zero-order valence-corrected chi connectivity index (χ0v) is 15.1. The molecular formula is C15H21Cl2N4O3+. The molecule has 0 heterocycles. The molecule has 0 bridgehead atoms. The van der Waals surface area contributed by atoms with Crippen molar-refractivity contribution in [1.29, 1.82) is 0 Å². The molecule has 0 saturated heterocycles. The molecule has 1 aromatic carbocycles. The smallest absolute Gasteiger partial charge is 0.321 e. The maximum absolute atomic E-state index is 11.9. The predicted molar refractivity (Wildman–Crippen MR) is 93.5 cm³/mol. The Labute approximate surface area is 150 Å². The minimum atomic E-state index is -0.532. The summed E-state index contributed by atoms with van der Waals surface area (Å²) < 4.78 is 0. The molecule has 9 heteroatoms. The number of amides is 4. The molecule has 1 atom stereocenters. The Morgan fingerprint density at radius 2 is 1.75 bits per heavy atom. The summed E-state index contributed by atoms with van der Waals surface area (Å²) in [5.74, 6) is -0.738. The van der Waals surface area contributed by atoms with Crippen molar-refractivity contribution < 1.29 is 19.3 Å². The minimum absolute atomic E-state index is 0.00562. The number of nitrogens with one attached hydrogen (secondary N) is 4. The van der Waals surface area contributed by atoms with E-state index in [2.05, 4.69) is 16.0 Å². The number of anilines is 1. The van der Waals surface area contributed by atoms with Gasteiger partial charge in [0.15, 0.2) is 13.1 Å². The van der Waals surface area contributed by atoms with Crippen molar-refractivity contribution in [3.05, 3.63) is 28.2 Å². The van der Waals surface area contributed by atoms with Gasteiger partial charge in [-0.3, -0.25) is 14.9 Å². The van der Waals surface area contributed by atoms with Gasteiger partial charge < -0.3 is 15.5 Å². The Morgan fingerprint density at radius 3 is 2.38 bits per heavy atom. The van der Waals surface area contributed by atoms with E-state index in [9.17, 15) is 14.4 Å². The monoisotopic (exact) mass is 375 g/mol. The average molecular weight is 376 g/mol. The van der Waals surface area contributed by atoms with Crippen LogP contribution in [0.4, 0.5) is 10.5 Å². The standard InChI is InChI=1S/C15H20Cl2N4O3/c1-3-6-18-15(24)20-14(23)9-21(2)8-13(22)19-10-4-5-11(16)12(17)7-10/h4-5,7H,3,6,8-9H2,1-2H3,(H,19,22)(H2,18,20,23,24)/p+1. The normalized spacial score (nSPS) is 11.5. The van der Waals surface area contributed by atoms with Crippen LogP contribution < -0.4 is 20.9 Å². The highest BCUT2D eigenvalue weighted by molar-refractivity contribution is 6.42. The fraction of sp³-hybridized carbons (Fsp3) is 0.400. The molecule has 0 aliphatic rings. The van der Waals surface area contributed by atoms with Crippen molar-refractivity contribution in [2.75, 3.05) is 32.0 Å². The molecule has 0 aliphatic heterocycles. The summed E-state index contributed by atoms with van der Waals surface area (Å²) >= 11 is 11.7. The van der Waals surface area contributed by atoms with E-state index in [1.807, 2.05) is 6.92 Å². The number of quaternary nitrogens is 1. The van der Waals surface area contributed by atoms with E-state index in [0.29, 0.717) is 27.2 Å². The van der Waals surface area contributed by atoms with Crippen LogP contribution in [0, 0.1) is 0 Å². The molecule has 7 nitrogen and oxygen atoms in total. The van der Waals surface area contributed by atoms with Gasteiger partial charge in [0, 0.05) is 12.2 Å². The Kier molecular flexibility index (Phi) is 8.53. The molecular weight excluding hydrogens is 355 g/mol. The third kappa shape index (κ3) is 7.63. The van der Waals surface area contributed by atoms with Crippen LogP contribution in [-0.2, 0) is 9.59 Å². The van der Waals surface area contributed by atoms with E-state index in [0.717, 1.165) is 6.42 Å². The van der Waals surface area contributed by atoms with Gasteiger partial charge in [0.25, 0.3) is 11.8 Å². The van der Waals surface area contributed by atoms with Crippen LogP contribution in [0.25, 0.3) is 0 Å². The van der Waals surface area contributed by atoms with Gasteiger partial charge in [0.2, 0.25) is 0 Å². The molecule has 0 fully saturated rings. The Hall–Kier alpha value is -1.83. The lowest BCUT2D eigenvalue weighted by Crippen LogP contribution is -3.11. The highest BCUT2D eigenvalue weighted by atomic mass is 35.5. The highest BCUT2D eigenvalue weighted by Gasteiger charge is 2.16. The van der Waals surface area contributed by atoms with Crippen LogP contribution in [0.5, 0.6) is 0 Å². The number of rotatable bonds is 7. The minimum Gasteiger partial charge on any atom is -0.338 e. The molecule has 24 heavy (non-hydrogen) atoms. The number of carbonyl (C=O) groups is 3. The molecule has 4 N–H and O–H groups in total. The van der Waals surface area contributed by atoms with Gasteiger partial charge >= 0.3 is 6.03 Å². The highest BCUT2D eigenvalue weighted by Crippen LogP contribution is 2.24. The predicted octanol–water partition coefficient (Wildman–Crippen LogP) is 0.682. The first-order chi connectivity index (χ1) is 11.3. The van der Waals surface area contributed by atoms with Crippen molar-refractivity contribution >= 4 is 46.7 Å². The van der Waals surface area contributed by atoms with E-state index in [-0.39, 0.29) is 19.0 Å². The maximum atomic E-state index is 11.9. The van der Waals surface area contributed by atoms with E-state index < -0.39 is 11.9 Å². The summed E-state index contributed by atoms with van der Waals surface area (Å²) in [5, 5.41) is 8.15. The Balaban J connectivity index is 2.39. The van der Waals surface area contributed by atoms with Crippen LogP contribution in [0.1, 0.15) is 13.3 Å². The van der Waals surface area contributed by atoms with E-state index in [1.54, 1.807) is 25.2 Å². The molecule has 0 saturated carbocycles. The zero-order valence-electron chi connectivity index (χ0n) is 13.5. The maximum Gasteiger partial charge on any atom is 0.321 e. The second-order valence-electron chi connectivity index (χ2n) is 5.29. The lowest BCUT2D eigenvalue weighted by atomic mass is 10.3. The van der Waals surface area contributed by atoms with Crippen LogP contribution >= 0.6 is 23.2 Å². The molecule has 0 aliphatic carbocycles. The second-order valence-corrected chi connectivity index (χ2v) is 6.11. The van der Waals surface area contributed by atoms with Crippen molar-refractivity contribution in [2.24, 2.45) is 0 Å². The first kappa shape index (κ1) is 20.2. The molecule has 1 aromatic rings.